The Kier molecular flexibility index (Phi) is 11.0. The maximum atomic E-state index is 12.3. The van der Waals surface area contributed by atoms with Crippen LogP contribution in [0.2, 0.25) is 0 Å². The lowest BCUT2D eigenvalue weighted by molar-refractivity contribution is -0.119. The molecule has 0 unspecified atom stereocenters. The van der Waals surface area contributed by atoms with Gasteiger partial charge in [-0.1, -0.05) is 0 Å². The highest BCUT2D eigenvalue weighted by Crippen LogP contribution is 2.35. The van der Waals surface area contributed by atoms with Gasteiger partial charge in [-0.2, -0.15) is 0 Å². The third kappa shape index (κ3) is 8.57. The number of amides is 1. The van der Waals surface area contributed by atoms with Crippen molar-refractivity contribution in [3.63, 3.8) is 0 Å². The predicted octanol–water partition coefficient (Wildman–Crippen LogP) is 4.09. The summed E-state index contributed by atoms with van der Waals surface area (Å²) in [5.74, 6) is 0.164. The molecule has 3 aromatic heterocycles. The van der Waals surface area contributed by atoms with Crippen LogP contribution in [0.1, 0.15) is 38.8 Å². The third-order valence-corrected chi connectivity index (χ3v) is 8.88. The summed E-state index contributed by atoms with van der Waals surface area (Å²) < 4.78 is 13.6. The van der Waals surface area contributed by atoms with Gasteiger partial charge in [-0.15, -0.1) is 22.7 Å². The van der Waals surface area contributed by atoms with E-state index in [4.69, 9.17) is 13.2 Å². The normalized spacial score (nSPS) is 11.0. The van der Waals surface area contributed by atoms with Gasteiger partial charge in [0.1, 0.15) is 33.4 Å². The van der Waals surface area contributed by atoms with Gasteiger partial charge in [0.15, 0.2) is 0 Å². The molecule has 0 spiro atoms. The molecule has 18 heteroatoms. The van der Waals surface area contributed by atoms with Crippen molar-refractivity contribution in [1.82, 2.24) is 25.0 Å². The Morgan fingerprint density at radius 3 is 2.67 bits per heavy atom. The van der Waals surface area contributed by atoms with E-state index in [-0.39, 0.29) is 28.4 Å². The van der Waals surface area contributed by atoms with Gasteiger partial charge >= 0.3 is 0 Å². The van der Waals surface area contributed by atoms with Crippen molar-refractivity contribution in [3.05, 3.63) is 39.3 Å². The number of aromatic nitrogens is 3. The highest BCUT2D eigenvalue weighted by atomic mass is 33.2. The maximum Gasteiger partial charge on any atom is 0.253 e. The number of oxazole rings is 1. The Morgan fingerprint density at radius 1 is 1.09 bits per heavy atom. The number of nitrogens with one attached hydrogen (secondary N) is 2. The Labute approximate surface area is 216 Å². The smallest absolute Gasteiger partial charge is 0.253 e. The summed E-state index contributed by atoms with van der Waals surface area (Å²) in [5.41, 5.74) is 1.11. The molecule has 0 saturated carbocycles. The molecule has 3 heterocycles. The Hall–Kier alpha value is -1.09. The second-order valence-corrected chi connectivity index (χ2v) is 11.6. The van der Waals surface area contributed by atoms with Crippen molar-refractivity contribution in [2.75, 3.05) is 0 Å². The van der Waals surface area contributed by atoms with E-state index in [0.717, 1.165) is 38.0 Å². The summed E-state index contributed by atoms with van der Waals surface area (Å²) in [4.78, 5) is 47.3. The molecule has 0 saturated heterocycles. The summed E-state index contributed by atoms with van der Waals surface area (Å²) in [6, 6.07) is 0. The van der Waals surface area contributed by atoms with E-state index >= 15 is 0 Å². The molecular weight excluding hydrogens is 569 g/mol. The lowest BCUT2D eigenvalue weighted by atomic mass is 10.5. The molecule has 0 bridgehead atoms. The van der Waals surface area contributed by atoms with Gasteiger partial charge in [0.25, 0.3) is 10.2 Å². The van der Waals surface area contributed by atoms with Crippen molar-refractivity contribution in [1.29, 1.82) is 0 Å². The molecule has 3 aromatic rings. The quantitative estimate of drug-likeness (QED) is 0.121. The molecular formula is C15H14N6O5S7. The fourth-order valence-electron chi connectivity index (χ4n) is 1.95. The second kappa shape index (κ2) is 13.7. The molecule has 176 valence electrons. The van der Waals surface area contributed by atoms with E-state index in [1.807, 2.05) is 0 Å². The topological polar surface area (TPSA) is 162 Å². The first-order valence-electron chi connectivity index (χ1n) is 8.57. The van der Waals surface area contributed by atoms with Gasteiger partial charge in [-0.05, 0) is 11.9 Å². The molecule has 3 rings (SSSR count). The number of rotatable bonds is 12. The summed E-state index contributed by atoms with van der Waals surface area (Å²) in [5, 5.41) is 11.8. The predicted molar refractivity (Wildman–Crippen MR) is 136 cm³/mol. The zero-order chi connectivity index (χ0) is 23.6. The lowest BCUT2D eigenvalue weighted by Crippen LogP contribution is -2.18. The van der Waals surface area contributed by atoms with Crippen molar-refractivity contribution >= 4 is 94.7 Å². The van der Waals surface area contributed by atoms with E-state index in [1.165, 1.54) is 46.8 Å². The van der Waals surface area contributed by atoms with E-state index in [0.29, 0.717) is 40.8 Å². The van der Waals surface area contributed by atoms with Crippen LogP contribution in [0.3, 0.4) is 0 Å². The standard InChI is InChI=1S/C15H14N6O5S7/c1-7(22)17-2-11-19-8(4-25-11)13-21-10(6-28-13)15(24)30-32-26-33-31-18-3-12-20-9(5-27-12)14(23)29-16/h4-6,18H,2-3,16H2,1H3,(H,17,22). The number of carbonyl (C=O) groups is 3. The third-order valence-electron chi connectivity index (χ3n) is 3.32. The summed E-state index contributed by atoms with van der Waals surface area (Å²) in [6.45, 7) is 2.03. The van der Waals surface area contributed by atoms with Crippen LogP contribution in [0.4, 0.5) is 0 Å². The summed E-state index contributed by atoms with van der Waals surface area (Å²) in [7, 11) is 2.12. The molecule has 0 aromatic carbocycles. The van der Waals surface area contributed by atoms with Gasteiger partial charge in [0, 0.05) is 39.5 Å². The summed E-state index contributed by atoms with van der Waals surface area (Å²) in [6.07, 6.45) is 1.43. The molecule has 0 fully saturated rings. The van der Waals surface area contributed by atoms with E-state index in [2.05, 4.69) is 25.0 Å². The van der Waals surface area contributed by atoms with Crippen LogP contribution in [0.5, 0.6) is 0 Å². The van der Waals surface area contributed by atoms with Crippen molar-refractivity contribution in [2.45, 2.75) is 20.0 Å². The molecule has 0 aliphatic heterocycles. The Bertz CT molecular complexity index is 1100. The molecule has 33 heavy (non-hydrogen) atoms. The van der Waals surface area contributed by atoms with Gasteiger partial charge in [0.05, 0.1) is 35.2 Å². The number of hydrogen-bond donors (Lipinski definition) is 3. The van der Waals surface area contributed by atoms with Crippen LogP contribution < -0.4 is 15.2 Å². The van der Waals surface area contributed by atoms with Gasteiger partial charge in [-0.3, -0.25) is 19.5 Å². The van der Waals surface area contributed by atoms with Crippen LogP contribution in [-0.2, 0) is 21.5 Å². The fourth-order valence-corrected chi connectivity index (χ4v) is 6.77. The largest absolute Gasteiger partial charge is 0.446 e. The number of nitrogens with zero attached hydrogens (tertiary/aromatic N) is 3. The van der Waals surface area contributed by atoms with Crippen molar-refractivity contribution in [2.24, 2.45) is 5.14 Å². The van der Waals surface area contributed by atoms with E-state index in [1.54, 1.807) is 10.8 Å². The molecule has 0 aliphatic rings. The van der Waals surface area contributed by atoms with Crippen LogP contribution in [0, 0.1) is 0 Å². The fraction of sp³-hybridized carbons (Fsp3) is 0.200. The molecule has 11 nitrogen and oxygen atoms in total. The number of carbonyl (C=O) groups excluding carboxylic acids is 3. The molecule has 0 aliphatic carbocycles. The SMILES string of the molecule is CC(=O)NCc1nc(-c2nc(C(=O)SSOSSNCc3nc(C(=O)SN)cs3)cs2)co1. The highest BCUT2D eigenvalue weighted by molar-refractivity contribution is 8.84. The van der Waals surface area contributed by atoms with Gasteiger partial charge in [-0.25, -0.2) is 23.3 Å². The van der Waals surface area contributed by atoms with E-state index in [9.17, 15) is 14.4 Å². The van der Waals surface area contributed by atoms with Crippen LogP contribution in [-0.4, -0.2) is 31.1 Å². The van der Waals surface area contributed by atoms with Crippen LogP contribution in [0.25, 0.3) is 10.7 Å². The van der Waals surface area contributed by atoms with Gasteiger partial charge in [0.2, 0.25) is 11.8 Å². The van der Waals surface area contributed by atoms with Crippen molar-refractivity contribution < 1.29 is 22.4 Å². The van der Waals surface area contributed by atoms with Gasteiger partial charge < -0.3 is 9.73 Å². The molecule has 0 atom stereocenters. The monoisotopic (exact) mass is 582 g/mol. The minimum absolute atomic E-state index is 0.179. The Balaban J connectivity index is 1.33. The molecule has 0 radical (unpaired) electrons. The number of nitrogens with two attached hydrogens (primary N) is 1. The first kappa shape index (κ1) is 26.5. The number of thiazole rings is 2. The first-order chi connectivity index (χ1) is 16.0. The summed E-state index contributed by atoms with van der Waals surface area (Å²) >= 11 is 5.22. The lowest BCUT2D eigenvalue weighted by Gasteiger charge is -2.00. The number of hydrogen-bond acceptors (Lipinski definition) is 17. The van der Waals surface area contributed by atoms with Crippen LogP contribution in [0.15, 0.2) is 21.4 Å². The second-order valence-electron chi connectivity index (χ2n) is 5.59. The molecule has 1 amide bonds. The Morgan fingerprint density at radius 2 is 1.88 bits per heavy atom. The minimum Gasteiger partial charge on any atom is -0.446 e. The van der Waals surface area contributed by atoms with Crippen LogP contribution >= 0.6 is 78.5 Å². The highest BCUT2D eigenvalue weighted by Gasteiger charge is 2.16. The minimum atomic E-state index is -0.277. The average Bonchev–Trinajstić information content (AvgIpc) is 3.56. The zero-order valence-electron chi connectivity index (χ0n) is 16.5. The zero-order valence-corrected chi connectivity index (χ0v) is 22.2. The maximum absolute atomic E-state index is 12.3. The van der Waals surface area contributed by atoms with Crippen molar-refractivity contribution in [3.8, 4) is 10.7 Å². The first-order valence-corrected chi connectivity index (χ1v) is 15.4. The van der Waals surface area contributed by atoms with E-state index < -0.39 is 0 Å². The average molecular weight is 583 g/mol. The molecule has 4 N–H and O–H groups in total.